The Bertz CT molecular complexity index is 643. The summed E-state index contributed by atoms with van der Waals surface area (Å²) in [5, 5.41) is 6.83. The van der Waals surface area contributed by atoms with Gasteiger partial charge in [0, 0.05) is 15.4 Å². The maximum Gasteiger partial charge on any atom is 0.130 e. The van der Waals surface area contributed by atoms with Crippen LogP contribution in [0.2, 0.25) is 5.15 Å². The van der Waals surface area contributed by atoms with Crippen molar-refractivity contribution in [2.24, 2.45) is 0 Å². The third-order valence-electron chi connectivity index (χ3n) is 2.55. The number of aromatic nitrogens is 1. The van der Waals surface area contributed by atoms with Gasteiger partial charge in [-0.1, -0.05) is 57.5 Å². The molecule has 1 N–H and O–H groups in total. The lowest BCUT2D eigenvalue weighted by Crippen LogP contribution is -2.04. The van der Waals surface area contributed by atoms with E-state index in [1.165, 1.54) is 0 Å². The third kappa shape index (κ3) is 2.28. The highest BCUT2D eigenvalue weighted by Gasteiger charge is 2.15. The van der Waals surface area contributed by atoms with Crippen molar-refractivity contribution < 1.29 is 0 Å². The Morgan fingerprint density at radius 1 is 1.17 bits per heavy atom. The standard InChI is InChI=1S/C13H8BrClN2S/c14-9-4-2-1-3-8(9)11-7-18-13-10(16-11)5-6-12(15)17-13/h1-7,16H. The molecule has 0 saturated heterocycles. The van der Waals surface area contributed by atoms with E-state index in [9.17, 15) is 0 Å². The largest absolute Gasteiger partial charge is 0.352 e. The van der Waals surface area contributed by atoms with Gasteiger partial charge in [0.1, 0.15) is 10.2 Å². The molecule has 0 aliphatic carbocycles. The highest BCUT2D eigenvalue weighted by atomic mass is 79.9. The predicted octanol–water partition coefficient (Wildman–Crippen LogP) is 5.01. The summed E-state index contributed by atoms with van der Waals surface area (Å²) in [6, 6.07) is 11.8. The van der Waals surface area contributed by atoms with Crippen molar-refractivity contribution in [3.05, 3.63) is 57.0 Å². The summed E-state index contributed by atoms with van der Waals surface area (Å²) in [6.45, 7) is 0. The van der Waals surface area contributed by atoms with E-state index in [4.69, 9.17) is 11.6 Å². The first-order valence-electron chi connectivity index (χ1n) is 5.29. The van der Waals surface area contributed by atoms with Gasteiger partial charge in [0.25, 0.3) is 0 Å². The van der Waals surface area contributed by atoms with E-state index >= 15 is 0 Å². The first-order chi connectivity index (χ1) is 8.74. The molecule has 2 nitrogen and oxygen atoms in total. The fourth-order valence-corrected chi connectivity index (χ4v) is 3.21. The van der Waals surface area contributed by atoms with E-state index in [0.29, 0.717) is 5.15 Å². The monoisotopic (exact) mass is 338 g/mol. The summed E-state index contributed by atoms with van der Waals surface area (Å²) in [6.07, 6.45) is 0. The molecule has 1 aliphatic rings. The quantitative estimate of drug-likeness (QED) is 0.739. The molecule has 0 spiro atoms. The molecule has 2 aromatic rings. The Labute approximate surface area is 123 Å². The Kier molecular flexibility index (Phi) is 3.33. The van der Waals surface area contributed by atoms with Crippen LogP contribution in [0.4, 0.5) is 5.69 Å². The summed E-state index contributed by atoms with van der Waals surface area (Å²) < 4.78 is 1.06. The minimum absolute atomic E-state index is 0.515. The highest BCUT2D eigenvalue weighted by molar-refractivity contribution is 9.10. The molecular weight excluding hydrogens is 332 g/mol. The summed E-state index contributed by atoms with van der Waals surface area (Å²) >= 11 is 11.0. The zero-order valence-electron chi connectivity index (χ0n) is 9.15. The molecule has 1 aliphatic heterocycles. The fraction of sp³-hybridized carbons (Fsp3) is 0. The molecule has 0 radical (unpaired) electrons. The number of anilines is 1. The van der Waals surface area contributed by atoms with Crippen LogP contribution in [-0.2, 0) is 0 Å². The summed E-state index contributed by atoms with van der Waals surface area (Å²) in [5.41, 5.74) is 3.17. The van der Waals surface area contributed by atoms with Gasteiger partial charge in [-0.05, 0) is 18.2 Å². The Morgan fingerprint density at radius 2 is 2.00 bits per heavy atom. The van der Waals surface area contributed by atoms with E-state index in [-0.39, 0.29) is 0 Å². The molecule has 0 saturated carbocycles. The van der Waals surface area contributed by atoms with Crippen LogP contribution in [0.5, 0.6) is 0 Å². The van der Waals surface area contributed by atoms with Crippen LogP contribution < -0.4 is 5.32 Å². The predicted molar refractivity (Wildman–Crippen MR) is 80.8 cm³/mol. The van der Waals surface area contributed by atoms with Crippen LogP contribution in [0, 0.1) is 0 Å². The Morgan fingerprint density at radius 3 is 2.83 bits per heavy atom. The molecule has 0 amide bonds. The molecule has 90 valence electrons. The van der Waals surface area contributed by atoms with Gasteiger partial charge < -0.3 is 5.32 Å². The van der Waals surface area contributed by atoms with Crippen molar-refractivity contribution in [3.63, 3.8) is 0 Å². The van der Waals surface area contributed by atoms with E-state index < -0.39 is 0 Å². The summed E-state index contributed by atoms with van der Waals surface area (Å²) in [7, 11) is 0. The number of benzene rings is 1. The minimum atomic E-state index is 0.515. The van der Waals surface area contributed by atoms with E-state index in [1.54, 1.807) is 17.8 Å². The number of hydrogen-bond donors (Lipinski definition) is 1. The van der Waals surface area contributed by atoms with Crippen molar-refractivity contribution in [2.45, 2.75) is 5.03 Å². The summed E-state index contributed by atoms with van der Waals surface area (Å²) in [5.74, 6) is 0. The lowest BCUT2D eigenvalue weighted by atomic mass is 10.1. The third-order valence-corrected chi connectivity index (χ3v) is 4.34. The number of nitrogens with zero attached hydrogens (tertiary/aromatic N) is 1. The van der Waals surface area contributed by atoms with Gasteiger partial charge >= 0.3 is 0 Å². The van der Waals surface area contributed by atoms with Gasteiger partial charge in [-0.3, -0.25) is 0 Å². The minimum Gasteiger partial charge on any atom is -0.352 e. The van der Waals surface area contributed by atoms with Crippen LogP contribution in [0.25, 0.3) is 5.70 Å². The topological polar surface area (TPSA) is 24.9 Å². The van der Waals surface area contributed by atoms with Crippen molar-refractivity contribution in [1.82, 2.24) is 4.98 Å². The molecule has 1 aromatic carbocycles. The molecule has 1 aromatic heterocycles. The average molecular weight is 340 g/mol. The molecule has 0 unspecified atom stereocenters. The lowest BCUT2D eigenvalue weighted by molar-refractivity contribution is 1.14. The Balaban J connectivity index is 1.98. The molecule has 2 heterocycles. The normalized spacial score (nSPS) is 13.6. The molecule has 18 heavy (non-hydrogen) atoms. The van der Waals surface area contributed by atoms with E-state index in [2.05, 4.69) is 32.3 Å². The zero-order chi connectivity index (χ0) is 12.5. The second-order valence-electron chi connectivity index (χ2n) is 3.74. The first-order valence-corrected chi connectivity index (χ1v) is 7.34. The van der Waals surface area contributed by atoms with Crippen LogP contribution in [0.15, 0.2) is 51.3 Å². The maximum absolute atomic E-state index is 5.87. The number of thioether (sulfide) groups is 1. The SMILES string of the molecule is Clc1ccc2c(n1)SC=C(c1ccccc1Br)N2. The first kappa shape index (κ1) is 12.1. The molecule has 5 heteroatoms. The highest BCUT2D eigenvalue weighted by Crippen LogP contribution is 2.38. The fourth-order valence-electron chi connectivity index (χ4n) is 1.70. The number of fused-ring (bicyclic) bond motifs is 1. The average Bonchev–Trinajstić information content (AvgIpc) is 2.39. The van der Waals surface area contributed by atoms with Crippen LogP contribution >= 0.6 is 39.3 Å². The van der Waals surface area contributed by atoms with Crippen molar-refractivity contribution in [1.29, 1.82) is 0 Å². The van der Waals surface area contributed by atoms with Crippen LogP contribution in [-0.4, -0.2) is 4.98 Å². The van der Waals surface area contributed by atoms with Crippen LogP contribution in [0.3, 0.4) is 0 Å². The number of rotatable bonds is 1. The van der Waals surface area contributed by atoms with Gasteiger partial charge in [0.15, 0.2) is 0 Å². The maximum atomic E-state index is 5.87. The van der Waals surface area contributed by atoms with Gasteiger partial charge in [-0.2, -0.15) is 0 Å². The molecule has 0 bridgehead atoms. The second-order valence-corrected chi connectivity index (χ2v) is 5.84. The number of halogens is 2. The van der Waals surface area contributed by atoms with Crippen LogP contribution in [0.1, 0.15) is 5.56 Å². The van der Waals surface area contributed by atoms with Gasteiger partial charge in [0.05, 0.1) is 11.4 Å². The van der Waals surface area contributed by atoms with Crippen molar-refractivity contribution >= 4 is 50.7 Å². The smallest absolute Gasteiger partial charge is 0.130 e. The number of hydrogen-bond acceptors (Lipinski definition) is 3. The molecule has 3 rings (SSSR count). The zero-order valence-corrected chi connectivity index (χ0v) is 12.3. The van der Waals surface area contributed by atoms with Crippen molar-refractivity contribution in [2.75, 3.05) is 5.32 Å². The number of pyridine rings is 1. The second kappa shape index (κ2) is 4.96. The number of nitrogens with one attached hydrogen (secondary N) is 1. The van der Waals surface area contributed by atoms with E-state index in [0.717, 1.165) is 26.4 Å². The van der Waals surface area contributed by atoms with Crippen molar-refractivity contribution in [3.8, 4) is 0 Å². The lowest BCUT2D eigenvalue weighted by Gasteiger charge is -2.19. The van der Waals surface area contributed by atoms with Gasteiger partial charge in [-0.15, -0.1) is 0 Å². The molecular formula is C13H8BrClN2S. The summed E-state index contributed by atoms with van der Waals surface area (Å²) in [4.78, 5) is 4.27. The Hall–Kier alpha value is -0.970. The van der Waals surface area contributed by atoms with Gasteiger partial charge in [0.2, 0.25) is 0 Å². The molecule has 0 fully saturated rings. The van der Waals surface area contributed by atoms with Gasteiger partial charge in [-0.25, -0.2) is 4.98 Å². The van der Waals surface area contributed by atoms with E-state index in [1.807, 2.05) is 29.7 Å². The molecule has 0 atom stereocenters.